The Morgan fingerprint density at radius 3 is 2.55 bits per heavy atom. The lowest BCUT2D eigenvalue weighted by molar-refractivity contribution is -0.144. The van der Waals surface area contributed by atoms with E-state index in [1.807, 2.05) is 4.90 Å². The molecule has 3 amide bonds. The highest BCUT2D eigenvalue weighted by Gasteiger charge is 2.73. The second-order valence-corrected chi connectivity index (χ2v) is 12.5. The van der Waals surface area contributed by atoms with Crippen LogP contribution in [0.25, 0.3) is 0 Å². The summed E-state index contributed by atoms with van der Waals surface area (Å²) in [5.74, 6) is -1.00. The molecule has 0 radical (unpaired) electrons. The van der Waals surface area contributed by atoms with Crippen LogP contribution < -0.4 is 0 Å². The number of likely N-dealkylation sites (tertiary alicyclic amines) is 1. The Hall–Kier alpha value is -1.88. The number of aliphatic hydroxyl groups excluding tert-OH is 1. The van der Waals surface area contributed by atoms with Crippen molar-refractivity contribution in [1.29, 1.82) is 0 Å². The van der Waals surface area contributed by atoms with Crippen molar-refractivity contribution in [2.45, 2.75) is 48.1 Å². The molecule has 5 atom stereocenters. The van der Waals surface area contributed by atoms with E-state index in [0.29, 0.717) is 45.8 Å². The minimum atomic E-state index is -0.587. The molecule has 4 rings (SSSR count). The number of amides is 3. The highest BCUT2D eigenvalue weighted by Crippen LogP contribution is 2.66. The van der Waals surface area contributed by atoms with E-state index in [4.69, 9.17) is 4.74 Å². The quantitative estimate of drug-likeness (QED) is 0.258. The van der Waals surface area contributed by atoms with Crippen molar-refractivity contribution in [2.24, 2.45) is 11.8 Å². The molecule has 4 fully saturated rings. The monoisotopic (exact) mass is 548 g/mol. The van der Waals surface area contributed by atoms with Crippen molar-refractivity contribution < 1.29 is 24.2 Å². The van der Waals surface area contributed by atoms with Crippen LogP contribution in [0.5, 0.6) is 0 Å². The fraction of sp³-hybridized carbons (Fsp3) is 0.750. The van der Waals surface area contributed by atoms with Gasteiger partial charge in [0.2, 0.25) is 17.7 Å². The molecule has 212 valence electrons. The number of likely N-dealkylation sites (N-methyl/N-ethyl adjacent to an activating group) is 1. The number of rotatable bonds is 14. The zero-order valence-corrected chi connectivity index (χ0v) is 23.6. The zero-order valence-electron chi connectivity index (χ0n) is 22.8. The number of morpholine rings is 1. The number of fused-ring (bicyclic) bond motifs is 1. The molecule has 2 unspecified atom stereocenters. The van der Waals surface area contributed by atoms with Crippen LogP contribution in [-0.2, 0) is 19.1 Å². The molecule has 2 bridgehead atoms. The Balaban J connectivity index is 1.60. The molecule has 0 saturated carbocycles. The highest BCUT2D eigenvalue weighted by molar-refractivity contribution is 8.02. The van der Waals surface area contributed by atoms with Crippen LogP contribution in [0.4, 0.5) is 0 Å². The van der Waals surface area contributed by atoms with Gasteiger partial charge in [-0.3, -0.25) is 19.3 Å². The average Bonchev–Trinajstić information content (AvgIpc) is 3.56. The summed E-state index contributed by atoms with van der Waals surface area (Å²) in [4.78, 5) is 49.6. The normalized spacial score (nSPS) is 30.4. The first-order valence-electron chi connectivity index (χ1n) is 14.0. The summed E-state index contributed by atoms with van der Waals surface area (Å²) in [5.41, 5.74) is 0. The lowest BCUT2D eigenvalue weighted by Crippen LogP contribution is -2.56. The largest absolute Gasteiger partial charge is 0.396 e. The number of nitrogens with zero attached hydrogens (tertiary/aromatic N) is 4. The standard InChI is InChI=1S/C28H44N4O5S/c1-4-11-29(3)25(34)22-21-9-10-28(38-21)23(22)26(35)32(13-7-6-8-18-33)24(28)27(36)31(12-5-2)15-14-30-16-19-37-20-17-30/h4-5,21-24,33H,1-2,6-20H2,3H3/t21-,22+,23+,24?,28?/m1/s1. The van der Waals surface area contributed by atoms with Crippen molar-refractivity contribution in [3.05, 3.63) is 25.3 Å². The van der Waals surface area contributed by atoms with Gasteiger partial charge in [-0.2, -0.15) is 0 Å². The van der Waals surface area contributed by atoms with Gasteiger partial charge in [0.15, 0.2) is 0 Å². The van der Waals surface area contributed by atoms with Crippen molar-refractivity contribution >= 4 is 29.5 Å². The molecule has 9 nitrogen and oxygen atoms in total. The van der Waals surface area contributed by atoms with Crippen LogP contribution in [0.3, 0.4) is 0 Å². The van der Waals surface area contributed by atoms with Crippen LogP contribution in [0.2, 0.25) is 0 Å². The Labute approximate surface area is 231 Å². The lowest BCUT2D eigenvalue weighted by atomic mass is 9.70. The number of unbranched alkanes of at least 4 members (excludes halogenated alkanes) is 2. The van der Waals surface area contributed by atoms with Crippen molar-refractivity contribution in [1.82, 2.24) is 19.6 Å². The highest BCUT2D eigenvalue weighted by atomic mass is 32.2. The first-order chi connectivity index (χ1) is 18.4. The molecule has 1 N–H and O–H groups in total. The fourth-order valence-electron chi connectivity index (χ4n) is 6.77. The zero-order chi connectivity index (χ0) is 27.3. The summed E-state index contributed by atoms with van der Waals surface area (Å²) < 4.78 is 4.89. The Bertz CT molecular complexity index is 896. The topological polar surface area (TPSA) is 93.6 Å². The van der Waals surface area contributed by atoms with E-state index in [9.17, 15) is 19.5 Å². The van der Waals surface area contributed by atoms with Gasteiger partial charge in [-0.05, 0) is 32.1 Å². The first kappa shape index (κ1) is 29.1. The Kier molecular flexibility index (Phi) is 9.95. The smallest absolute Gasteiger partial charge is 0.247 e. The summed E-state index contributed by atoms with van der Waals surface area (Å²) in [6.07, 6.45) is 7.23. The molecular weight excluding hydrogens is 504 g/mol. The van der Waals surface area contributed by atoms with E-state index in [1.165, 1.54) is 0 Å². The third kappa shape index (κ3) is 5.55. The Morgan fingerprint density at radius 1 is 1.13 bits per heavy atom. The molecule has 4 aliphatic heterocycles. The molecule has 4 heterocycles. The first-order valence-corrected chi connectivity index (χ1v) is 14.9. The van der Waals surface area contributed by atoms with E-state index in [0.717, 1.165) is 45.3 Å². The van der Waals surface area contributed by atoms with E-state index in [2.05, 4.69) is 18.1 Å². The molecule has 0 aromatic carbocycles. The summed E-state index contributed by atoms with van der Waals surface area (Å²) in [5, 5.41) is 9.29. The van der Waals surface area contributed by atoms with Gasteiger partial charge in [0.05, 0.1) is 29.8 Å². The van der Waals surface area contributed by atoms with Crippen molar-refractivity contribution in [2.75, 3.05) is 72.7 Å². The van der Waals surface area contributed by atoms with Gasteiger partial charge in [-0.25, -0.2) is 0 Å². The molecule has 10 heteroatoms. The van der Waals surface area contributed by atoms with Gasteiger partial charge in [-0.15, -0.1) is 24.9 Å². The summed E-state index contributed by atoms with van der Waals surface area (Å²) in [6, 6.07) is -0.587. The molecule has 0 aliphatic carbocycles. The van der Waals surface area contributed by atoms with E-state index in [1.54, 1.807) is 40.8 Å². The number of hydrogen-bond acceptors (Lipinski definition) is 7. The average molecular weight is 549 g/mol. The van der Waals surface area contributed by atoms with E-state index < -0.39 is 22.6 Å². The maximum atomic E-state index is 14.4. The van der Waals surface area contributed by atoms with Gasteiger partial charge in [0.25, 0.3) is 0 Å². The minimum Gasteiger partial charge on any atom is -0.396 e. The number of hydrogen-bond donors (Lipinski definition) is 1. The molecular formula is C28H44N4O5S. The van der Waals surface area contributed by atoms with Crippen LogP contribution >= 0.6 is 11.8 Å². The third-order valence-electron chi connectivity index (χ3n) is 8.61. The van der Waals surface area contributed by atoms with Crippen LogP contribution in [0.15, 0.2) is 25.3 Å². The van der Waals surface area contributed by atoms with Gasteiger partial charge in [-0.1, -0.05) is 12.2 Å². The van der Waals surface area contributed by atoms with Crippen LogP contribution in [0, 0.1) is 11.8 Å². The number of thioether (sulfide) groups is 1. The summed E-state index contributed by atoms with van der Waals surface area (Å²) in [6.45, 7) is 13.5. The van der Waals surface area contributed by atoms with Crippen molar-refractivity contribution in [3.8, 4) is 0 Å². The summed E-state index contributed by atoms with van der Waals surface area (Å²) in [7, 11) is 1.76. The SMILES string of the molecule is C=CCN(C)C(=O)[C@@H]1[C@H]2C(=O)N(CCCCCO)C(C(=O)N(CC=C)CCN3CCOCC3)C23CC[C@H]1S3. The fourth-order valence-corrected chi connectivity index (χ4v) is 8.98. The summed E-state index contributed by atoms with van der Waals surface area (Å²) >= 11 is 1.71. The van der Waals surface area contributed by atoms with Gasteiger partial charge >= 0.3 is 0 Å². The number of aliphatic hydroxyl groups is 1. The van der Waals surface area contributed by atoms with Crippen LogP contribution in [-0.4, -0.2) is 131 Å². The molecule has 4 saturated heterocycles. The number of carbonyl (C=O) groups is 3. The molecule has 0 aromatic rings. The van der Waals surface area contributed by atoms with Crippen LogP contribution in [0.1, 0.15) is 32.1 Å². The molecule has 1 spiro atoms. The predicted molar refractivity (Wildman–Crippen MR) is 149 cm³/mol. The maximum Gasteiger partial charge on any atom is 0.247 e. The van der Waals surface area contributed by atoms with E-state index in [-0.39, 0.29) is 29.6 Å². The number of ether oxygens (including phenoxy) is 1. The van der Waals surface area contributed by atoms with E-state index >= 15 is 0 Å². The second kappa shape index (κ2) is 13.0. The Morgan fingerprint density at radius 2 is 1.87 bits per heavy atom. The number of carbonyl (C=O) groups excluding carboxylic acids is 3. The predicted octanol–water partition coefficient (Wildman–Crippen LogP) is 1.23. The maximum absolute atomic E-state index is 14.4. The van der Waals surface area contributed by atoms with Gasteiger partial charge in [0, 0.05) is 64.7 Å². The minimum absolute atomic E-state index is 0.0223. The second-order valence-electron chi connectivity index (χ2n) is 10.9. The van der Waals surface area contributed by atoms with Gasteiger partial charge in [0.1, 0.15) is 6.04 Å². The molecule has 4 aliphatic rings. The molecule has 38 heavy (non-hydrogen) atoms. The van der Waals surface area contributed by atoms with Crippen molar-refractivity contribution in [3.63, 3.8) is 0 Å². The molecule has 0 aromatic heterocycles. The lowest BCUT2D eigenvalue weighted by Gasteiger charge is -2.38. The van der Waals surface area contributed by atoms with Gasteiger partial charge < -0.3 is 24.5 Å². The third-order valence-corrected chi connectivity index (χ3v) is 10.6.